The molecule has 0 saturated heterocycles. The van der Waals surface area contributed by atoms with Gasteiger partial charge >= 0.3 is 0 Å². The van der Waals surface area contributed by atoms with Crippen LogP contribution in [0.4, 0.5) is 0 Å². The van der Waals surface area contributed by atoms with Crippen LogP contribution in [0.15, 0.2) is 0 Å². The summed E-state index contributed by atoms with van der Waals surface area (Å²) in [5.41, 5.74) is 0.0584. The fraction of sp³-hybridized carbons (Fsp3) is 0.867. The fourth-order valence-corrected chi connectivity index (χ4v) is 3.05. The molecule has 0 aromatic carbocycles. The van der Waals surface area contributed by atoms with Gasteiger partial charge in [0.25, 0.3) is 0 Å². The molecular weight excluding hydrogens is 210 g/mol. The van der Waals surface area contributed by atoms with Crippen LogP contribution in [0.2, 0.25) is 0 Å². The molecule has 0 amide bonds. The lowest BCUT2D eigenvalue weighted by molar-refractivity contribution is -0.0692. The molecule has 0 spiro atoms. The lowest BCUT2D eigenvalue weighted by Gasteiger charge is -2.43. The van der Waals surface area contributed by atoms with Gasteiger partial charge in [-0.15, -0.1) is 12.3 Å². The van der Waals surface area contributed by atoms with Gasteiger partial charge in [0, 0.05) is 19.6 Å². The zero-order chi connectivity index (χ0) is 12.6. The molecular formula is C15H27NO. The second-order valence-electron chi connectivity index (χ2n) is 5.04. The normalized spacial score (nSPS) is 20.8. The zero-order valence-corrected chi connectivity index (χ0v) is 11.4. The number of ether oxygens (including phenoxy) is 1. The highest BCUT2D eigenvalue weighted by Gasteiger charge is 2.39. The summed E-state index contributed by atoms with van der Waals surface area (Å²) in [6.45, 7) is 3.17. The number of rotatable bonds is 7. The van der Waals surface area contributed by atoms with E-state index in [9.17, 15) is 0 Å². The Morgan fingerprint density at radius 2 is 2.06 bits per heavy atom. The van der Waals surface area contributed by atoms with Crippen molar-refractivity contribution in [2.45, 2.75) is 69.9 Å². The Balaban J connectivity index is 2.60. The van der Waals surface area contributed by atoms with Gasteiger partial charge < -0.3 is 10.1 Å². The molecule has 2 nitrogen and oxygen atoms in total. The fourth-order valence-electron chi connectivity index (χ4n) is 3.05. The van der Waals surface area contributed by atoms with E-state index >= 15 is 0 Å². The third-order valence-electron chi connectivity index (χ3n) is 4.01. The molecule has 0 aliphatic heterocycles. The van der Waals surface area contributed by atoms with Crippen molar-refractivity contribution < 1.29 is 4.74 Å². The van der Waals surface area contributed by atoms with E-state index in [4.69, 9.17) is 11.2 Å². The van der Waals surface area contributed by atoms with Crippen LogP contribution in [0.3, 0.4) is 0 Å². The van der Waals surface area contributed by atoms with Gasteiger partial charge in [-0.1, -0.05) is 26.2 Å². The van der Waals surface area contributed by atoms with Gasteiger partial charge in [-0.05, 0) is 32.2 Å². The van der Waals surface area contributed by atoms with Crippen LogP contribution in [-0.4, -0.2) is 25.3 Å². The van der Waals surface area contributed by atoms with E-state index < -0.39 is 0 Å². The maximum Gasteiger partial charge on any atom is 0.0830 e. The molecule has 98 valence electrons. The Labute approximate surface area is 107 Å². The summed E-state index contributed by atoms with van der Waals surface area (Å²) in [4.78, 5) is 0. The smallest absolute Gasteiger partial charge is 0.0830 e. The van der Waals surface area contributed by atoms with E-state index in [-0.39, 0.29) is 5.60 Å². The highest BCUT2D eigenvalue weighted by molar-refractivity contribution is 4.96. The van der Waals surface area contributed by atoms with Crippen LogP contribution in [-0.2, 0) is 4.74 Å². The predicted molar refractivity (Wildman–Crippen MR) is 73.0 cm³/mol. The Bertz CT molecular complexity index is 238. The monoisotopic (exact) mass is 237 g/mol. The molecule has 1 aliphatic carbocycles. The van der Waals surface area contributed by atoms with E-state index in [1.54, 1.807) is 0 Å². The van der Waals surface area contributed by atoms with Crippen LogP contribution in [0.5, 0.6) is 0 Å². The molecule has 1 unspecified atom stereocenters. The molecule has 1 fully saturated rings. The lowest BCUT2D eigenvalue weighted by atomic mass is 9.77. The third kappa shape index (κ3) is 4.01. The highest BCUT2D eigenvalue weighted by atomic mass is 16.5. The standard InChI is InChI=1S/C15H27NO/c1-4-6-8-11-14(16-5-2)15(17-3)12-9-7-10-13-15/h1,14,16H,5-13H2,2-3H3. The Morgan fingerprint density at radius 3 is 2.59 bits per heavy atom. The minimum atomic E-state index is 0.0584. The van der Waals surface area contributed by atoms with E-state index in [2.05, 4.69) is 18.2 Å². The minimum absolute atomic E-state index is 0.0584. The van der Waals surface area contributed by atoms with Gasteiger partial charge in [-0.3, -0.25) is 0 Å². The van der Waals surface area contributed by atoms with Crippen LogP contribution >= 0.6 is 0 Å². The van der Waals surface area contributed by atoms with Gasteiger partial charge in [0.05, 0.1) is 5.60 Å². The molecule has 0 heterocycles. The zero-order valence-electron chi connectivity index (χ0n) is 11.4. The molecule has 1 aliphatic rings. The molecule has 1 N–H and O–H groups in total. The van der Waals surface area contributed by atoms with Crippen molar-refractivity contribution in [2.24, 2.45) is 0 Å². The number of hydrogen-bond acceptors (Lipinski definition) is 2. The number of nitrogens with one attached hydrogen (secondary N) is 1. The number of hydrogen-bond donors (Lipinski definition) is 1. The average molecular weight is 237 g/mol. The second-order valence-corrected chi connectivity index (χ2v) is 5.04. The van der Waals surface area contributed by atoms with Gasteiger partial charge in [-0.2, -0.15) is 0 Å². The average Bonchev–Trinajstić information content (AvgIpc) is 2.39. The maximum absolute atomic E-state index is 5.91. The van der Waals surface area contributed by atoms with Gasteiger partial charge in [-0.25, -0.2) is 0 Å². The summed E-state index contributed by atoms with van der Waals surface area (Å²) in [7, 11) is 1.87. The highest BCUT2D eigenvalue weighted by Crippen LogP contribution is 2.35. The number of methoxy groups -OCH3 is 1. The van der Waals surface area contributed by atoms with Crippen molar-refractivity contribution in [3.63, 3.8) is 0 Å². The molecule has 2 heteroatoms. The van der Waals surface area contributed by atoms with Gasteiger partial charge in [0.15, 0.2) is 0 Å². The quantitative estimate of drug-likeness (QED) is 0.542. The minimum Gasteiger partial charge on any atom is -0.377 e. The molecule has 1 rings (SSSR count). The predicted octanol–water partition coefficient (Wildman–Crippen LogP) is 3.12. The molecule has 1 saturated carbocycles. The van der Waals surface area contributed by atoms with Crippen LogP contribution in [0.1, 0.15) is 58.3 Å². The SMILES string of the molecule is C#CCCCC(NCC)C1(OC)CCCCC1. The van der Waals surface area contributed by atoms with Gasteiger partial charge in [0.1, 0.15) is 0 Å². The number of unbranched alkanes of at least 4 members (excludes halogenated alkanes) is 1. The third-order valence-corrected chi connectivity index (χ3v) is 4.01. The summed E-state index contributed by atoms with van der Waals surface area (Å²) >= 11 is 0. The summed E-state index contributed by atoms with van der Waals surface area (Å²) < 4.78 is 5.91. The topological polar surface area (TPSA) is 21.3 Å². The molecule has 0 bridgehead atoms. The first-order valence-corrected chi connectivity index (χ1v) is 7.01. The van der Waals surface area contributed by atoms with Crippen molar-refractivity contribution in [3.05, 3.63) is 0 Å². The van der Waals surface area contributed by atoms with E-state index in [1.165, 1.54) is 32.1 Å². The largest absolute Gasteiger partial charge is 0.377 e. The molecule has 0 aromatic heterocycles. The lowest BCUT2D eigenvalue weighted by Crippen LogP contribution is -2.53. The first-order chi connectivity index (χ1) is 8.29. The molecule has 17 heavy (non-hydrogen) atoms. The van der Waals surface area contributed by atoms with E-state index in [0.29, 0.717) is 6.04 Å². The van der Waals surface area contributed by atoms with Crippen LogP contribution in [0, 0.1) is 12.3 Å². The van der Waals surface area contributed by atoms with Crippen molar-refractivity contribution in [1.82, 2.24) is 5.32 Å². The number of likely N-dealkylation sites (N-methyl/N-ethyl adjacent to an activating group) is 1. The summed E-state index contributed by atoms with van der Waals surface area (Å²) in [6, 6.07) is 0.464. The molecule has 1 atom stereocenters. The molecule has 0 aromatic rings. The Kier molecular flexibility index (Phi) is 6.62. The van der Waals surface area contributed by atoms with Crippen molar-refractivity contribution in [1.29, 1.82) is 0 Å². The van der Waals surface area contributed by atoms with Crippen LogP contribution in [0.25, 0.3) is 0 Å². The first-order valence-electron chi connectivity index (χ1n) is 7.01. The number of terminal acetylenes is 1. The van der Waals surface area contributed by atoms with Crippen LogP contribution < -0.4 is 5.32 Å². The summed E-state index contributed by atoms with van der Waals surface area (Å²) in [6.07, 6.45) is 14.8. The summed E-state index contributed by atoms with van der Waals surface area (Å²) in [5, 5.41) is 3.61. The molecule has 0 radical (unpaired) electrons. The van der Waals surface area contributed by atoms with Gasteiger partial charge in [0.2, 0.25) is 0 Å². The van der Waals surface area contributed by atoms with Crippen molar-refractivity contribution in [2.75, 3.05) is 13.7 Å². The second kappa shape index (κ2) is 7.74. The summed E-state index contributed by atoms with van der Waals surface area (Å²) in [5.74, 6) is 2.73. The Hall–Kier alpha value is -0.520. The van der Waals surface area contributed by atoms with E-state index in [1.807, 2.05) is 7.11 Å². The van der Waals surface area contributed by atoms with Crippen molar-refractivity contribution >= 4 is 0 Å². The first kappa shape index (κ1) is 14.5. The van der Waals surface area contributed by atoms with E-state index in [0.717, 1.165) is 25.8 Å². The maximum atomic E-state index is 5.91. The Morgan fingerprint density at radius 1 is 1.35 bits per heavy atom. The van der Waals surface area contributed by atoms with Crippen molar-refractivity contribution in [3.8, 4) is 12.3 Å².